The van der Waals surface area contributed by atoms with Crippen LogP contribution in [0.3, 0.4) is 0 Å². The van der Waals surface area contributed by atoms with E-state index in [1.807, 2.05) is 13.8 Å². The fourth-order valence-corrected chi connectivity index (χ4v) is 4.94. The maximum atomic E-state index is 12.8. The van der Waals surface area contributed by atoms with Crippen molar-refractivity contribution in [2.45, 2.75) is 96.6 Å². The Hall–Kier alpha value is -1.53. The minimum Gasteiger partial charge on any atom is -0.494 e. The number of rotatable bonds is 11. The molecule has 0 bridgehead atoms. The highest BCUT2D eigenvalue weighted by Gasteiger charge is 2.33. The number of sulfonamides is 1. The highest BCUT2D eigenvalue weighted by molar-refractivity contribution is 7.88. The first-order valence-corrected chi connectivity index (χ1v) is 13.9. The molecule has 1 saturated heterocycles. The number of hydrogen-bond donors (Lipinski definition) is 5. The van der Waals surface area contributed by atoms with E-state index < -0.39 is 32.8 Å². The largest absolute Gasteiger partial charge is 0.494 e. The van der Waals surface area contributed by atoms with Crippen molar-refractivity contribution in [2.24, 2.45) is 5.41 Å². The number of carbonyl (C=O) groups is 1. The lowest BCUT2D eigenvalue weighted by Gasteiger charge is -2.35. The molecular weight excluding hydrogens is 460 g/mol. The molecule has 1 aliphatic carbocycles. The molecule has 5 N–H and O–H groups in total. The molecule has 0 radical (unpaired) electrons. The van der Waals surface area contributed by atoms with Gasteiger partial charge in [-0.15, -0.1) is 0 Å². The first kappa shape index (κ1) is 28.7. The third-order valence-corrected chi connectivity index (χ3v) is 7.02. The highest BCUT2D eigenvalue weighted by Crippen LogP contribution is 2.23. The van der Waals surface area contributed by atoms with Gasteiger partial charge in [-0.05, 0) is 58.8 Å². The SMILES string of the molecule is CC(C)(COC1CCCCO1)C(=N)/C=C(\O)NC(=O)C(C)(C)N[C@H]1CC[C@@H](NS(C)(=O)=O)CC1. The van der Waals surface area contributed by atoms with E-state index in [9.17, 15) is 18.3 Å². The number of nitrogens with one attached hydrogen (secondary N) is 4. The summed E-state index contributed by atoms with van der Waals surface area (Å²) in [5.74, 6) is -0.817. The third kappa shape index (κ3) is 9.61. The second-order valence-corrected chi connectivity index (χ2v) is 12.4. The van der Waals surface area contributed by atoms with Gasteiger partial charge in [0.25, 0.3) is 0 Å². The summed E-state index contributed by atoms with van der Waals surface area (Å²) in [7, 11) is -3.23. The molecule has 196 valence electrons. The number of ether oxygens (including phenoxy) is 2. The zero-order valence-corrected chi connectivity index (χ0v) is 21.9. The number of carbonyl (C=O) groups excluding carboxylic acids is 1. The molecule has 1 unspecified atom stereocenters. The lowest BCUT2D eigenvalue weighted by atomic mass is 9.88. The molecule has 1 amide bonds. The molecule has 1 atom stereocenters. The van der Waals surface area contributed by atoms with Crippen LogP contribution in [0.4, 0.5) is 0 Å². The van der Waals surface area contributed by atoms with Gasteiger partial charge >= 0.3 is 0 Å². The lowest BCUT2D eigenvalue weighted by molar-refractivity contribution is -0.171. The van der Waals surface area contributed by atoms with Gasteiger partial charge in [0.2, 0.25) is 15.9 Å². The summed E-state index contributed by atoms with van der Waals surface area (Å²) in [4.78, 5) is 12.8. The number of amides is 1. The van der Waals surface area contributed by atoms with Crippen LogP contribution in [0.15, 0.2) is 12.0 Å². The standard InChI is InChI=1S/C23H42N4O6S/c1-22(2,15-33-20-8-6-7-13-32-20)18(24)14-19(28)25-21(29)23(3,4)26-16-9-11-17(12-10-16)27-34(5,30)31/h14,16-17,20,24,26-28H,6-13,15H2,1-5H3,(H,25,29)/b19-14-,24-18?/t16-,17+,20?. The maximum absolute atomic E-state index is 12.8. The summed E-state index contributed by atoms with van der Waals surface area (Å²) >= 11 is 0. The monoisotopic (exact) mass is 502 g/mol. The van der Waals surface area contributed by atoms with E-state index in [0.29, 0.717) is 19.4 Å². The van der Waals surface area contributed by atoms with Gasteiger partial charge in [-0.3, -0.25) is 10.1 Å². The van der Waals surface area contributed by atoms with Gasteiger partial charge in [-0.25, -0.2) is 13.1 Å². The first-order chi connectivity index (χ1) is 15.7. The van der Waals surface area contributed by atoms with Crippen LogP contribution in [0, 0.1) is 10.8 Å². The van der Waals surface area contributed by atoms with Crippen LogP contribution in [0.5, 0.6) is 0 Å². The maximum Gasteiger partial charge on any atom is 0.246 e. The van der Waals surface area contributed by atoms with Crippen molar-refractivity contribution in [3.63, 3.8) is 0 Å². The van der Waals surface area contributed by atoms with Crippen LogP contribution >= 0.6 is 0 Å². The van der Waals surface area contributed by atoms with Crippen molar-refractivity contribution in [3.05, 3.63) is 12.0 Å². The molecule has 2 aliphatic rings. The molecular formula is C23H42N4O6S. The summed E-state index contributed by atoms with van der Waals surface area (Å²) < 4.78 is 36.8. The Balaban J connectivity index is 1.83. The Morgan fingerprint density at radius 2 is 1.74 bits per heavy atom. The average Bonchev–Trinajstić information content (AvgIpc) is 2.73. The van der Waals surface area contributed by atoms with E-state index in [0.717, 1.165) is 38.4 Å². The normalized spacial score (nSPS) is 25.1. The minimum atomic E-state index is -3.23. The Bertz CT molecular complexity index is 842. The minimum absolute atomic E-state index is 0.0564. The van der Waals surface area contributed by atoms with E-state index in [1.54, 1.807) is 13.8 Å². The Morgan fingerprint density at radius 3 is 2.29 bits per heavy atom. The molecule has 2 rings (SSSR count). The molecule has 1 saturated carbocycles. The van der Waals surface area contributed by atoms with Gasteiger partial charge in [-0.2, -0.15) is 0 Å². The van der Waals surface area contributed by atoms with E-state index in [1.165, 1.54) is 6.08 Å². The topological polar surface area (TPSA) is 150 Å². The number of aliphatic hydroxyl groups excluding tert-OH is 1. The van der Waals surface area contributed by atoms with Crippen LogP contribution in [0.1, 0.15) is 72.6 Å². The lowest BCUT2D eigenvalue weighted by Crippen LogP contribution is -2.57. The fourth-order valence-electron chi connectivity index (χ4n) is 4.10. The molecule has 10 nitrogen and oxygen atoms in total. The fraction of sp³-hybridized carbons (Fsp3) is 0.826. The first-order valence-electron chi connectivity index (χ1n) is 12.0. The molecule has 2 fully saturated rings. The molecule has 0 aromatic rings. The molecule has 0 spiro atoms. The molecule has 1 aliphatic heterocycles. The van der Waals surface area contributed by atoms with Crippen molar-refractivity contribution in [2.75, 3.05) is 19.5 Å². The van der Waals surface area contributed by atoms with Gasteiger partial charge in [-0.1, -0.05) is 13.8 Å². The van der Waals surface area contributed by atoms with Crippen LogP contribution in [0.2, 0.25) is 0 Å². The van der Waals surface area contributed by atoms with Gasteiger partial charge in [0, 0.05) is 35.9 Å². The van der Waals surface area contributed by atoms with Crippen molar-refractivity contribution in [3.8, 4) is 0 Å². The smallest absolute Gasteiger partial charge is 0.246 e. The number of aliphatic hydroxyl groups is 1. The Kier molecular flexibility index (Phi) is 10.1. The third-order valence-electron chi connectivity index (χ3n) is 6.26. The zero-order valence-electron chi connectivity index (χ0n) is 21.1. The van der Waals surface area contributed by atoms with E-state index in [2.05, 4.69) is 15.4 Å². The number of hydrogen-bond acceptors (Lipinski definition) is 8. The predicted molar refractivity (Wildman–Crippen MR) is 131 cm³/mol. The van der Waals surface area contributed by atoms with E-state index >= 15 is 0 Å². The summed E-state index contributed by atoms with van der Waals surface area (Å²) in [6, 6.07) is -0.0270. The van der Waals surface area contributed by atoms with Crippen molar-refractivity contribution in [1.82, 2.24) is 15.4 Å². The van der Waals surface area contributed by atoms with Gasteiger partial charge < -0.3 is 25.3 Å². The molecule has 11 heteroatoms. The summed E-state index contributed by atoms with van der Waals surface area (Å²) in [6.45, 7) is 8.07. The second kappa shape index (κ2) is 11.9. The van der Waals surface area contributed by atoms with Crippen LogP contribution in [-0.4, -0.2) is 68.5 Å². The van der Waals surface area contributed by atoms with Crippen molar-refractivity contribution < 1.29 is 27.8 Å². The van der Waals surface area contributed by atoms with Gasteiger partial charge in [0.05, 0.1) is 18.4 Å². The molecule has 1 heterocycles. The van der Waals surface area contributed by atoms with Crippen LogP contribution in [-0.2, 0) is 24.3 Å². The molecule has 0 aromatic heterocycles. The van der Waals surface area contributed by atoms with E-state index in [-0.39, 0.29) is 30.7 Å². The van der Waals surface area contributed by atoms with Crippen LogP contribution in [0.25, 0.3) is 0 Å². The molecule has 0 aromatic carbocycles. The molecule has 34 heavy (non-hydrogen) atoms. The predicted octanol–water partition coefficient (Wildman–Crippen LogP) is 2.32. The van der Waals surface area contributed by atoms with Crippen molar-refractivity contribution in [1.29, 1.82) is 5.41 Å². The van der Waals surface area contributed by atoms with Gasteiger partial charge in [0.1, 0.15) is 0 Å². The number of allylic oxidation sites excluding steroid dienone is 1. The Labute approximate surface area is 203 Å². The van der Waals surface area contributed by atoms with Crippen molar-refractivity contribution >= 4 is 21.6 Å². The average molecular weight is 503 g/mol. The summed E-state index contributed by atoms with van der Waals surface area (Å²) in [6.07, 6.45) is 7.89. The summed E-state index contributed by atoms with van der Waals surface area (Å²) in [5.41, 5.74) is -1.52. The van der Waals surface area contributed by atoms with Gasteiger partial charge in [0.15, 0.2) is 12.2 Å². The zero-order chi connectivity index (χ0) is 25.6. The Morgan fingerprint density at radius 1 is 1.12 bits per heavy atom. The van der Waals surface area contributed by atoms with Crippen LogP contribution < -0.4 is 15.4 Å². The summed E-state index contributed by atoms with van der Waals surface area (Å²) in [5, 5.41) is 24.4. The second-order valence-electron chi connectivity index (χ2n) is 10.6. The van der Waals surface area contributed by atoms with E-state index in [4.69, 9.17) is 14.9 Å². The quantitative estimate of drug-likeness (QED) is 0.215. The highest BCUT2D eigenvalue weighted by atomic mass is 32.2.